The third-order valence-electron chi connectivity index (χ3n) is 2.69. The van der Waals surface area contributed by atoms with Crippen molar-refractivity contribution in [1.29, 1.82) is 0 Å². The molecule has 92 valence electrons. The van der Waals surface area contributed by atoms with Gasteiger partial charge in [-0.2, -0.15) is 0 Å². The van der Waals surface area contributed by atoms with Gasteiger partial charge in [-0.25, -0.2) is 0 Å². The average molecular weight is 257 g/mol. The van der Waals surface area contributed by atoms with E-state index in [0.29, 0.717) is 0 Å². The van der Waals surface area contributed by atoms with Crippen LogP contribution in [0.15, 0.2) is 53.4 Å². The van der Waals surface area contributed by atoms with Gasteiger partial charge in [-0.05, 0) is 36.6 Å². The fourth-order valence-corrected chi connectivity index (χ4v) is 2.40. The maximum atomic E-state index is 12.2. The van der Waals surface area contributed by atoms with E-state index in [9.17, 15) is 4.79 Å². The largest absolute Gasteiger partial charge is 0.312 e. The molecule has 1 heterocycles. The number of thiophene rings is 1. The number of hydrogen-bond acceptors (Lipinski definition) is 2. The molecule has 2 rings (SSSR count). The monoisotopic (exact) mass is 257 g/mol. The van der Waals surface area contributed by atoms with Crippen molar-refractivity contribution in [1.82, 2.24) is 0 Å². The van der Waals surface area contributed by atoms with Crippen LogP contribution in [0.2, 0.25) is 0 Å². The maximum Gasteiger partial charge on any atom is 0.253 e. The van der Waals surface area contributed by atoms with Crippen LogP contribution in [0.1, 0.15) is 11.8 Å². The van der Waals surface area contributed by atoms with Crippen molar-refractivity contribution in [3.8, 4) is 0 Å². The van der Waals surface area contributed by atoms with Gasteiger partial charge in [0.2, 0.25) is 0 Å². The Bertz CT molecular complexity index is 543. The van der Waals surface area contributed by atoms with Crippen molar-refractivity contribution >= 4 is 29.0 Å². The Morgan fingerprint density at radius 2 is 1.89 bits per heavy atom. The van der Waals surface area contributed by atoms with E-state index in [4.69, 9.17) is 0 Å². The van der Waals surface area contributed by atoms with Gasteiger partial charge in [0, 0.05) is 23.2 Å². The number of nitrogens with zero attached hydrogens (tertiary/aromatic N) is 1. The predicted octanol–water partition coefficient (Wildman–Crippen LogP) is 3.81. The van der Waals surface area contributed by atoms with E-state index in [1.54, 1.807) is 23.3 Å². The first kappa shape index (κ1) is 12.6. The van der Waals surface area contributed by atoms with Crippen LogP contribution in [-0.4, -0.2) is 13.0 Å². The van der Waals surface area contributed by atoms with E-state index in [1.807, 2.05) is 60.8 Å². The number of rotatable bonds is 3. The average Bonchev–Trinajstić information content (AvgIpc) is 2.91. The minimum absolute atomic E-state index is 0.0228. The topological polar surface area (TPSA) is 20.3 Å². The highest BCUT2D eigenvalue weighted by molar-refractivity contribution is 7.10. The van der Waals surface area contributed by atoms with Crippen LogP contribution in [0.25, 0.3) is 6.08 Å². The Hall–Kier alpha value is -1.87. The molecule has 0 atom stereocenters. The Morgan fingerprint density at radius 3 is 2.50 bits per heavy atom. The van der Waals surface area contributed by atoms with Crippen LogP contribution < -0.4 is 4.90 Å². The summed E-state index contributed by atoms with van der Waals surface area (Å²) >= 11 is 1.63. The summed E-state index contributed by atoms with van der Waals surface area (Å²) < 4.78 is 0. The van der Waals surface area contributed by atoms with Gasteiger partial charge in [-0.3, -0.25) is 4.79 Å². The van der Waals surface area contributed by atoms with Gasteiger partial charge in [-0.1, -0.05) is 24.3 Å². The van der Waals surface area contributed by atoms with Crippen LogP contribution in [0, 0.1) is 0 Å². The number of benzene rings is 1. The van der Waals surface area contributed by atoms with Crippen LogP contribution in [0.5, 0.6) is 0 Å². The van der Waals surface area contributed by atoms with Crippen LogP contribution in [0.4, 0.5) is 5.69 Å². The molecule has 1 amide bonds. The van der Waals surface area contributed by atoms with E-state index in [0.717, 1.165) is 16.1 Å². The van der Waals surface area contributed by atoms with Gasteiger partial charge in [0.1, 0.15) is 0 Å². The third kappa shape index (κ3) is 2.87. The van der Waals surface area contributed by atoms with Gasteiger partial charge in [0.15, 0.2) is 0 Å². The Balaban J connectivity index is 2.17. The molecule has 0 aliphatic carbocycles. The summed E-state index contributed by atoms with van der Waals surface area (Å²) in [5.74, 6) is 0.0228. The van der Waals surface area contributed by atoms with E-state index >= 15 is 0 Å². The van der Waals surface area contributed by atoms with Crippen LogP contribution in [0.3, 0.4) is 0 Å². The molecule has 2 nitrogen and oxygen atoms in total. The summed E-state index contributed by atoms with van der Waals surface area (Å²) in [4.78, 5) is 15.0. The van der Waals surface area contributed by atoms with Crippen molar-refractivity contribution in [2.24, 2.45) is 0 Å². The zero-order chi connectivity index (χ0) is 13.0. The smallest absolute Gasteiger partial charge is 0.253 e. The molecule has 1 aromatic heterocycles. The molecule has 2 aromatic rings. The molecule has 0 fully saturated rings. The first-order valence-electron chi connectivity index (χ1n) is 5.73. The van der Waals surface area contributed by atoms with Gasteiger partial charge in [0.25, 0.3) is 5.91 Å². The molecule has 0 N–H and O–H groups in total. The Morgan fingerprint density at radius 1 is 1.17 bits per heavy atom. The second-order valence-corrected chi connectivity index (χ2v) is 5.02. The minimum atomic E-state index is 0.0228. The van der Waals surface area contributed by atoms with Gasteiger partial charge >= 0.3 is 0 Å². The molecule has 0 unspecified atom stereocenters. The lowest BCUT2D eigenvalue weighted by molar-refractivity contribution is -0.114. The van der Waals surface area contributed by atoms with Crippen molar-refractivity contribution < 1.29 is 4.79 Å². The molecule has 0 saturated carbocycles. The molecule has 0 aliphatic heterocycles. The fourth-order valence-electron chi connectivity index (χ4n) is 1.68. The van der Waals surface area contributed by atoms with Crippen LogP contribution in [-0.2, 0) is 4.79 Å². The molecule has 0 bridgehead atoms. The summed E-state index contributed by atoms with van der Waals surface area (Å²) in [7, 11) is 1.80. The second-order valence-electron chi connectivity index (χ2n) is 4.04. The number of carbonyl (C=O) groups excluding carboxylic acids is 1. The van der Waals surface area contributed by atoms with E-state index < -0.39 is 0 Å². The molecule has 0 radical (unpaired) electrons. The molecule has 18 heavy (non-hydrogen) atoms. The third-order valence-corrected chi connectivity index (χ3v) is 3.51. The van der Waals surface area contributed by atoms with Crippen LogP contribution >= 0.6 is 11.3 Å². The highest BCUT2D eigenvalue weighted by atomic mass is 32.1. The number of likely N-dealkylation sites (N-methyl/N-ethyl adjacent to an activating group) is 1. The Kier molecular flexibility index (Phi) is 3.95. The van der Waals surface area contributed by atoms with E-state index in [2.05, 4.69) is 0 Å². The molecule has 3 heteroatoms. The first-order valence-corrected chi connectivity index (χ1v) is 6.61. The predicted molar refractivity (Wildman–Crippen MR) is 77.8 cm³/mol. The lowest BCUT2D eigenvalue weighted by Gasteiger charge is -2.17. The Labute approximate surface area is 111 Å². The number of anilines is 1. The summed E-state index contributed by atoms with van der Waals surface area (Å²) in [6.45, 7) is 1.85. The molecule has 0 aliphatic rings. The van der Waals surface area contributed by atoms with Crippen molar-refractivity contribution in [2.45, 2.75) is 6.92 Å². The number of carbonyl (C=O) groups is 1. The highest BCUT2D eigenvalue weighted by Crippen LogP contribution is 2.17. The molecule has 1 aromatic carbocycles. The summed E-state index contributed by atoms with van der Waals surface area (Å²) in [6, 6.07) is 13.6. The molecular weight excluding hydrogens is 242 g/mol. The summed E-state index contributed by atoms with van der Waals surface area (Å²) in [6.07, 6.45) is 1.92. The maximum absolute atomic E-state index is 12.2. The fraction of sp³-hybridized carbons (Fsp3) is 0.133. The van der Waals surface area contributed by atoms with Crippen molar-refractivity contribution in [2.75, 3.05) is 11.9 Å². The lowest BCUT2D eigenvalue weighted by Crippen LogP contribution is -2.26. The zero-order valence-corrected chi connectivity index (χ0v) is 11.3. The lowest BCUT2D eigenvalue weighted by atomic mass is 10.2. The van der Waals surface area contributed by atoms with Gasteiger partial charge in [-0.15, -0.1) is 11.3 Å². The second kappa shape index (κ2) is 5.65. The quantitative estimate of drug-likeness (QED) is 0.766. The molecule has 0 saturated heterocycles. The SMILES string of the molecule is C/C(=C\c1cccs1)C(=O)N(C)c1ccccc1. The number of hydrogen-bond donors (Lipinski definition) is 0. The van der Waals surface area contributed by atoms with E-state index in [-0.39, 0.29) is 5.91 Å². The van der Waals surface area contributed by atoms with Crippen molar-refractivity contribution in [3.05, 3.63) is 58.3 Å². The first-order chi connectivity index (χ1) is 8.68. The number of para-hydroxylation sites is 1. The normalized spacial score (nSPS) is 11.3. The van der Waals surface area contributed by atoms with E-state index in [1.165, 1.54) is 0 Å². The van der Waals surface area contributed by atoms with Gasteiger partial charge in [0.05, 0.1) is 0 Å². The van der Waals surface area contributed by atoms with Gasteiger partial charge < -0.3 is 4.90 Å². The molecular formula is C15H15NOS. The standard InChI is InChI=1S/C15H15NOS/c1-12(11-14-9-6-10-18-14)15(17)16(2)13-7-4-3-5-8-13/h3-11H,1-2H3/b12-11+. The zero-order valence-electron chi connectivity index (χ0n) is 10.5. The minimum Gasteiger partial charge on any atom is -0.312 e. The highest BCUT2D eigenvalue weighted by Gasteiger charge is 2.12. The number of amides is 1. The van der Waals surface area contributed by atoms with Crippen molar-refractivity contribution in [3.63, 3.8) is 0 Å². The molecule has 0 spiro atoms. The summed E-state index contributed by atoms with van der Waals surface area (Å²) in [5.41, 5.74) is 1.64. The summed E-state index contributed by atoms with van der Waals surface area (Å²) in [5, 5.41) is 2.00.